The molecule has 1 heterocycles. The maximum absolute atomic E-state index is 10.0. The lowest BCUT2D eigenvalue weighted by Gasteiger charge is -2.22. The molecule has 0 amide bonds. The molecule has 0 aromatic carbocycles. The predicted octanol–water partition coefficient (Wildman–Crippen LogP) is 3.74. The molecule has 100 valence electrons. The molecule has 2 heteroatoms. The van der Waals surface area contributed by atoms with Gasteiger partial charge in [-0.2, -0.15) is 0 Å². The molecule has 0 radical (unpaired) electrons. The van der Waals surface area contributed by atoms with E-state index >= 15 is 0 Å². The molecule has 1 unspecified atom stereocenters. The van der Waals surface area contributed by atoms with Crippen LogP contribution >= 0.6 is 0 Å². The van der Waals surface area contributed by atoms with Gasteiger partial charge in [-0.15, -0.1) is 0 Å². The van der Waals surface area contributed by atoms with E-state index in [0.717, 1.165) is 30.9 Å². The lowest BCUT2D eigenvalue weighted by atomic mass is 9.85. The molecule has 1 aromatic heterocycles. The highest BCUT2D eigenvalue weighted by Crippen LogP contribution is 2.28. The molecule has 1 aliphatic carbocycles. The van der Waals surface area contributed by atoms with Gasteiger partial charge >= 0.3 is 0 Å². The summed E-state index contributed by atoms with van der Waals surface area (Å²) in [7, 11) is 0. The fourth-order valence-electron chi connectivity index (χ4n) is 2.91. The van der Waals surface area contributed by atoms with E-state index in [2.05, 4.69) is 4.98 Å². The number of aliphatic hydroxyl groups is 1. The lowest BCUT2D eigenvalue weighted by molar-refractivity contribution is 0.140. The summed E-state index contributed by atoms with van der Waals surface area (Å²) in [6.45, 7) is 0. The van der Waals surface area contributed by atoms with Gasteiger partial charge < -0.3 is 5.11 Å². The number of hydrogen-bond acceptors (Lipinski definition) is 2. The quantitative estimate of drug-likeness (QED) is 0.830. The zero-order chi connectivity index (χ0) is 12.6. The van der Waals surface area contributed by atoms with Crippen molar-refractivity contribution in [2.75, 3.05) is 0 Å². The lowest BCUT2D eigenvalue weighted by Crippen LogP contribution is -2.13. The van der Waals surface area contributed by atoms with Crippen LogP contribution in [0.1, 0.15) is 57.1 Å². The van der Waals surface area contributed by atoms with Crippen LogP contribution in [0, 0.1) is 5.92 Å². The minimum atomic E-state index is -0.145. The highest BCUT2D eigenvalue weighted by Gasteiger charge is 2.15. The molecule has 2 nitrogen and oxygen atoms in total. The zero-order valence-electron chi connectivity index (χ0n) is 11.2. The fraction of sp³-hybridized carbons (Fsp3) is 0.688. The highest BCUT2D eigenvalue weighted by molar-refractivity contribution is 5.03. The van der Waals surface area contributed by atoms with Crippen LogP contribution in [0.25, 0.3) is 0 Å². The molecule has 0 saturated heterocycles. The Morgan fingerprint density at radius 2 is 2.00 bits per heavy atom. The first kappa shape index (κ1) is 13.5. The first-order valence-corrected chi connectivity index (χ1v) is 7.42. The molecule has 2 rings (SSSR count). The van der Waals surface area contributed by atoms with Crippen LogP contribution in [0.3, 0.4) is 0 Å². The van der Waals surface area contributed by atoms with E-state index in [1.807, 2.05) is 24.4 Å². The van der Waals surface area contributed by atoms with E-state index in [1.54, 1.807) is 0 Å². The Bertz CT molecular complexity index is 319. The molecule has 1 aliphatic rings. The predicted molar refractivity (Wildman–Crippen MR) is 74.4 cm³/mol. The molecule has 1 fully saturated rings. The zero-order valence-corrected chi connectivity index (χ0v) is 11.2. The fourth-order valence-corrected chi connectivity index (χ4v) is 2.91. The normalized spacial score (nSPS) is 18.7. The summed E-state index contributed by atoms with van der Waals surface area (Å²) in [5.74, 6) is 0.878. The smallest absolute Gasteiger partial charge is 0.0544 e. The second kappa shape index (κ2) is 7.52. The molecule has 1 saturated carbocycles. The Morgan fingerprint density at radius 1 is 1.17 bits per heavy atom. The van der Waals surface area contributed by atoms with Crippen molar-refractivity contribution in [3.63, 3.8) is 0 Å². The van der Waals surface area contributed by atoms with Crippen molar-refractivity contribution in [1.82, 2.24) is 4.98 Å². The molecule has 0 spiro atoms. The van der Waals surface area contributed by atoms with Crippen molar-refractivity contribution >= 4 is 0 Å². The summed E-state index contributed by atoms with van der Waals surface area (Å²) >= 11 is 0. The number of hydrogen-bond donors (Lipinski definition) is 1. The van der Waals surface area contributed by atoms with Crippen molar-refractivity contribution in [3.8, 4) is 0 Å². The molecule has 0 bridgehead atoms. The highest BCUT2D eigenvalue weighted by atomic mass is 16.3. The maximum atomic E-state index is 10.0. The monoisotopic (exact) mass is 247 g/mol. The van der Waals surface area contributed by atoms with Crippen molar-refractivity contribution < 1.29 is 5.11 Å². The van der Waals surface area contributed by atoms with Crippen molar-refractivity contribution in [2.45, 2.75) is 63.9 Å². The molecule has 1 aromatic rings. The Kier molecular flexibility index (Phi) is 5.66. The Morgan fingerprint density at radius 3 is 2.72 bits per heavy atom. The van der Waals surface area contributed by atoms with E-state index in [-0.39, 0.29) is 6.10 Å². The third-order valence-corrected chi connectivity index (χ3v) is 4.09. The van der Waals surface area contributed by atoms with Crippen LogP contribution < -0.4 is 0 Å². The topological polar surface area (TPSA) is 33.1 Å². The maximum Gasteiger partial charge on any atom is 0.0544 e. The van der Waals surface area contributed by atoms with Crippen LogP contribution in [0.4, 0.5) is 0 Å². The van der Waals surface area contributed by atoms with E-state index in [4.69, 9.17) is 0 Å². The van der Waals surface area contributed by atoms with Gasteiger partial charge in [0, 0.05) is 11.9 Å². The van der Waals surface area contributed by atoms with Crippen molar-refractivity contribution in [1.29, 1.82) is 0 Å². The summed E-state index contributed by atoms with van der Waals surface area (Å²) in [5.41, 5.74) is 1.09. The third-order valence-electron chi connectivity index (χ3n) is 4.09. The van der Waals surface area contributed by atoms with Gasteiger partial charge in [0.25, 0.3) is 0 Å². The number of aliphatic hydroxyl groups excluding tert-OH is 1. The van der Waals surface area contributed by atoms with Crippen molar-refractivity contribution in [2.24, 2.45) is 5.92 Å². The standard InChI is InChI=1S/C16H25NO/c18-16(11-9-14-6-2-1-3-7-14)12-10-15-8-4-5-13-17-15/h4-5,8,13-14,16,18H,1-3,6-7,9-12H2. The van der Waals surface area contributed by atoms with E-state index in [1.165, 1.54) is 38.5 Å². The van der Waals surface area contributed by atoms with E-state index in [9.17, 15) is 5.11 Å². The molecular weight excluding hydrogens is 222 g/mol. The van der Waals surface area contributed by atoms with E-state index < -0.39 is 0 Å². The second-order valence-corrected chi connectivity index (χ2v) is 5.59. The second-order valence-electron chi connectivity index (χ2n) is 5.59. The number of aryl methyl sites for hydroxylation is 1. The average Bonchev–Trinajstić information content (AvgIpc) is 2.45. The molecular formula is C16H25NO. The average molecular weight is 247 g/mol. The summed E-state index contributed by atoms with van der Waals surface area (Å²) < 4.78 is 0. The van der Waals surface area contributed by atoms with Gasteiger partial charge in [0.05, 0.1) is 6.10 Å². The largest absolute Gasteiger partial charge is 0.393 e. The molecule has 1 N–H and O–H groups in total. The van der Waals surface area contributed by atoms with Crippen LogP contribution in [0.2, 0.25) is 0 Å². The molecule has 0 aliphatic heterocycles. The van der Waals surface area contributed by atoms with Gasteiger partial charge in [-0.05, 0) is 43.7 Å². The summed E-state index contributed by atoms with van der Waals surface area (Å²) in [6, 6.07) is 5.98. The third kappa shape index (κ3) is 4.77. The number of nitrogens with zero attached hydrogens (tertiary/aromatic N) is 1. The van der Waals surface area contributed by atoms with Gasteiger partial charge in [-0.3, -0.25) is 4.98 Å². The Labute approximate surface area is 110 Å². The summed E-state index contributed by atoms with van der Waals surface area (Å²) in [5, 5.41) is 10.0. The van der Waals surface area contributed by atoms with Gasteiger partial charge in [0.15, 0.2) is 0 Å². The number of rotatable bonds is 6. The first-order valence-electron chi connectivity index (χ1n) is 7.42. The van der Waals surface area contributed by atoms with Crippen LogP contribution in [-0.2, 0) is 6.42 Å². The van der Waals surface area contributed by atoms with Crippen LogP contribution in [-0.4, -0.2) is 16.2 Å². The van der Waals surface area contributed by atoms with Gasteiger partial charge in [-0.1, -0.05) is 38.2 Å². The summed E-state index contributed by atoms with van der Waals surface area (Å²) in [6.07, 6.45) is 12.6. The number of pyridine rings is 1. The molecule has 18 heavy (non-hydrogen) atoms. The minimum absolute atomic E-state index is 0.145. The van der Waals surface area contributed by atoms with Crippen LogP contribution in [0.15, 0.2) is 24.4 Å². The van der Waals surface area contributed by atoms with Gasteiger partial charge in [0.1, 0.15) is 0 Å². The van der Waals surface area contributed by atoms with E-state index in [0.29, 0.717) is 0 Å². The molecule has 1 atom stereocenters. The van der Waals surface area contributed by atoms with Crippen molar-refractivity contribution in [3.05, 3.63) is 30.1 Å². The minimum Gasteiger partial charge on any atom is -0.393 e. The summed E-state index contributed by atoms with van der Waals surface area (Å²) in [4.78, 5) is 4.29. The van der Waals surface area contributed by atoms with Gasteiger partial charge in [0.2, 0.25) is 0 Å². The number of aromatic nitrogens is 1. The SMILES string of the molecule is OC(CCc1ccccn1)CCC1CCCCC1. The Balaban J connectivity index is 1.61. The first-order chi connectivity index (χ1) is 8.84. The van der Waals surface area contributed by atoms with Gasteiger partial charge in [-0.25, -0.2) is 0 Å². The Hall–Kier alpha value is -0.890. The van der Waals surface area contributed by atoms with Crippen LogP contribution in [0.5, 0.6) is 0 Å².